The third-order valence-corrected chi connectivity index (χ3v) is 6.44. The highest BCUT2D eigenvalue weighted by Crippen LogP contribution is 2.53. The van der Waals surface area contributed by atoms with Crippen molar-refractivity contribution in [3.63, 3.8) is 0 Å². The van der Waals surface area contributed by atoms with Gasteiger partial charge in [-0.3, -0.25) is 0 Å². The van der Waals surface area contributed by atoms with Gasteiger partial charge in [0.05, 0.1) is 23.8 Å². The molecule has 0 amide bonds. The summed E-state index contributed by atoms with van der Waals surface area (Å²) in [5.74, 6) is -0.0357. The highest BCUT2D eigenvalue weighted by molar-refractivity contribution is 6.50. The van der Waals surface area contributed by atoms with Crippen molar-refractivity contribution in [3.8, 4) is 11.5 Å². The van der Waals surface area contributed by atoms with Gasteiger partial charge in [-0.05, 0) is 30.5 Å². The van der Waals surface area contributed by atoms with Crippen LogP contribution in [-0.2, 0) is 16.1 Å². The van der Waals surface area contributed by atoms with Gasteiger partial charge in [0.2, 0.25) is 0 Å². The Morgan fingerprint density at radius 1 is 1.13 bits per heavy atom. The quantitative estimate of drug-likeness (QED) is 0.236. The molecule has 31 heavy (non-hydrogen) atoms. The SMILES string of the molecule is COC(C)=C(C(=O)O)c1ccccc1COc1cc(OCC2CC2(Cl)Cl)c(Cl)cc1Cl. The Balaban J connectivity index is 1.80. The van der Waals surface area contributed by atoms with E-state index in [0.29, 0.717) is 45.7 Å². The average molecular weight is 506 g/mol. The van der Waals surface area contributed by atoms with Crippen LogP contribution in [0.25, 0.3) is 5.57 Å². The predicted octanol–water partition coefficient (Wildman–Crippen LogP) is 6.61. The third-order valence-electron chi connectivity index (χ3n) is 4.92. The van der Waals surface area contributed by atoms with E-state index in [-0.39, 0.29) is 23.9 Å². The average Bonchev–Trinajstić information content (AvgIpc) is 3.33. The number of carboxylic acids is 1. The number of alkyl halides is 2. The number of carboxylic acid groups (broad SMARTS) is 1. The van der Waals surface area contributed by atoms with E-state index in [4.69, 9.17) is 60.6 Å². The first-order chi connectivity index (χ1) is 14.6. The maximum Gasteiger partial charge on any atom is 0.339 e. The topological polar surface area (TPSA) is 65.0 Å². The van der Waals surface area contributed by atoms with Gasteiger partial charge in [0.25, 0.3) is 0 Å². The van der Waals surface area contributed by atoms with E-state index in [1.54, 1.807) is 37.3 Å². The Morgan fingerprint density at radius 3 is 2.32 bits per heavy atom. The molecule has 9 heteroatoms. The molecule has 0 aliphatic heterocycles. The molecule has 2 aromatic carbocycles. The second-order valence-electron chi connectivity index (χ2n) is 7.07. The van der Waals surface area contributed by atoms with Gasteiger partial charge in [-0.1, -0.05) is 47.5 Å². The molecule has 0 bridgehead atoms. The summed E-state index contributed by atoms with van der Waals surface area (Å²) in [4.78, 5) is 11.8. The largest absolute Gasteiger partial charge is 0.500 e. The molecular weight excluding hydrogens is 486 g/mol. The van der Waals surface area contributed by atoms with Crippen molar-refractivity contribution in [3.05, 3.63) is 63.3 Å². The first kappa shape index (κ1) is 23.9. The number of carbonyl (C=O) groups is 1. The number of ether oxygens (including phenoxy) is 3. The van der Waals surface area contributed by atoms with Crippen LogP contribution in [0.3, 0.4) is 0 Å². The van der Waals surface area contributed by atoms with Gasteiger partial charge in [-0.2, -0.15) is 0 Å². The first-order valence-corrected chi connectivity index (χ1v) is 10.8. The lowest BCUT2D eigenvalue weighted by Crippen LogP contribution is -2.08. The summed E-state index contributed by atoms with van der Waals surface area (Å²) in [6.45, 7) is 1.98. The van der Waals surface area contributed by atoms with E-state index in [1.807, 2.05) is 0 Å². The Hall–Kier alpha value is -1.79. The Kier molecular flexibility index (Phi) is 7.53. The lowest BCUT2D eigenvalue weighted by molar-refractivity contribution is -0.130. The van der Waals surface area contributed by atoms with Gasteiger partial charge in [0.1, 0.15) is 33.8 Å². The van der Waals surface area contributed by atoms with Crippen molar-refractivity contribution in [2.75, 3.05) is 13.7 Å². The number of hydrogen-bond acceptors (Lipinski definition) is 4. The van der Waals surface area contributed by atoms with Crippen LogP contribution in [0, 0.1) is 5.92 Å². The van der Waals surface area contributed by atoms with Gasteiger partial charge in [0.15, 0.2) is 0 Å². The predicted molar refractivity (Wildman–Crippen MR) is 123 cm³/mol. The van der Waals surface area contributed by atoms with Gasteiger partial charge in [-0.15, -0.1) is 23.2 Å². The summed E-state index contributed by atoms with van der Waals surface area (Å²) >= 11 is 24.6. The molecule has 3 rings (SSSR count). The summed E-state index contributed by atoms with van der Waals surface area (Å²) in [5, 5.41) is 10.3. The molecule has 1 aliphatic rings. The monoisotopic (exact) mass is 504 g/mol. The van der Waals surface area contributed by atoms with Crippen molar-refractivity contribution >= 4 is 57.9 Å². The second kappa shape index (κ2) is 9.78. The minimum atomic E-state index is -1.10. The molecule has 1 atom stereocenters. The van der Waals surface area contributed by atoms with E-state index in [1.165, 1.54) is 13.2 Å². The van der Waals surface area contributed by atoms with Crippen molar-refractivity contribution in [2.24, 2.45) is 5.92 Å². The van der Waals surface area contributed by atoms with Gasteiger partial charge < -0.3 is 19.3 Å². The zero-order valence-corrected chi connectivity index (χ0v) is 19.8. The Labute approximate surface area is 200 Å². The lowest BCUT2D eigenvalue weighted by Gasteiger charge is -2.15. The van der Waals surface area contributed by atoms with Crippen LogP contribution in [0.4, 0.5) is 0 Å². The number of methoxy groups -OCH3 is 1. The van der Waals surface area contributed by atoms with Crippen LogP contribution in [0.2, 0.25) is 10.0 Å². The van der Waals surface area contributed by atoms with Crippen molar-refractivity contribution < 1.29 is 24.1 Å². The number of rotatable bonds is 9. The Morgan fingerprint density at radius 2 is 1.74 bits per heavy atom. The molecule has 0 aromatic heterocycles. The van der Waals surface area contributed by atoms with E-state index in [0.717, 1.165) is 0 Å². The number of halogens is 4. The number of allylic oxidation sites excluding steroid dienone is 1. The lowest BCUT2D eigenvalue weighted by atomic mass is 9.99. The van der Waals surface area contributed by atoms with Gasteiger partial charge in [0, 0.05) is 12.0 Å². The molecule has 1 saturated carbocycles. The second-order valence-corrected chi connectivity index (χ2v) is 9.43. The fourth-order valence-corrected chi connectivity index (χ4v) is 3.97. The molecule has 0 radical (unpaired) electrons. The van der Waals surface area contributed by atoms with Crippen LogP contribution in [-0.4, -0.2) is 29.1 Å². The summed E-state index contributed by atoms with van der Waals surface area (Å²) in [5.41, 5.74) is 1.20. The van der Waals surface area contributed by atoms with Crippen molar-refractivity contribution in [1.82, 2.24) is 0 Å². The molecule has 0 heterocycles. The van der Waals surface area contributed by atoms with Crippen LogP contribution in [0.15, 0.2) is 42.2 Å². The maximum absolute atomic E-state index is 11.8. The molecule has 5 nitrogen and oxygen atoms in total. The minimum absolute atomic E-state index is 0.0316. The first-order valence-electron chi connectivity index (χ1n) is 9.33. The van der Waals surface area contributed by atoms with E-state index < -0.39 is 10.3 Å². The van der Waals surface area contributed by atoms with Crippen LogP contribution >= 0.6 is 46.4 Å². The molecule has 0 saturated heterocycles. The molecule has 2 aromatic rings. The van der Waals surface area contributed by atoms with E-state index in [9.17, 15) is 9.90 Å². The van der Waals surface area contributed by atoms with Crippen molar-refractivity contribution in [1.29, 1.82) is 0 Å². The molecule has 0 spiro atoms. The van der Waals surface area contributed by atoms with E-state index in [2.05, 4.69) is 0 Å². The zero-order valence-electron chi connectivity index (χ0n) is 16.8. The Bertz CT molecular complexity index is 1020. The fourth-order valence-electron chi connectivity index (χ4n) is 2.98. The van der Waals surface area contributed by atoms with Crippen LogP contribution in [0.1, 0.15) is 24.5 Å². The van der Waals surface area contributed by atoms with Gasteiger partial charge >= 0.3 is 5.97 Å². The normalized spacial score (nSPS) is 17.5. The minimum Gasteiger partial charge on any atom is -0.500 e. The summed E-state index contributed by atoms with van der Waals surface area (Å²) in [6.07, 6.45) is 0.655. The molecule has 1 aliphatic carbocycles. The van der Waals surface area contributed by atoms with Gasteiger partial charge in [-0.25, -0.2) is 4.79 Å². The van der Waals surface area contributed by atoms with E-state index >= 15 is 0 Å². The molecular formula is C22H20Cl4O5. The fraction of sp³-hybridized carbons (Fsp3) is 0.318. The highest BCUT2D eigenvalue weighted by atomic mass is 35.5. The highest BCUT2D eigenvalue weighted by Gasteiger charge is 2.52. The smallest absolute Gasteiger partial charge is 0.339 e. The molecule has 1 fully saturated rings. The van der Waals surface area contributed by atoms with Crippen LogP contribution < -0.4 is 9.47 Å². The third kappa shape index (κ3) is 5.72. The van der Waals surface area contributed by atoms with Crippen molar-refractivity contribution in [2.45, 2.75) is 24.3 Å². The number of hydrogen-bond donors (Lipinski definition) is 1. The molecule has 1 N–H and O–H groups in total. The molecule has 1 unspecified atom stereocenters. The molecule has 166 valence electrons. The standard InChI is InChI=1S/C22H20Cl4O5/c1-12(29-2)20(21(27)28)15-6-4-3-5-13(15)10-30-18-8-19(17(24)7-16(18)23)31-11-14-9-22(14,25)26/h3-8,14H,9-11H2,1-2H3,(H,27,28). The number of aliphatic carboxylic acids is 1. The van der Waals surface area contributed by atoms with Crippen LogP contribution in [0.5, 0.6) is 11.5 Å². The summed E-state index contributed by atoms with van der Waals surface area (Å²) in [7, 11) is 1.42. The number of benzene rings is 2. The maximum atomic E-state index is 11.8. The summed E-state index contributed by atoms with van der Waals surface area (Å²) < 4.78 is 16.0. The zero-order chi connectivity index (χ0) is 22.8. The summed E-state index contributed by atoms with van der Waals surface area (Å²) in [6, 6.07) is 10.1.